The minimum Gasteiger partial charge on any atom is -0.491 e. The van der Waals surface area contributed by atoms with Gasteiger partial charge < -0.3 is 18.9 Å². The van der Waals surface area contributed by atoms with Crippen LogP contribution in [0.25, 0.3) is 0 Å². The van der Waals surface area contributed by atoms with Crippen molar-refractivity contribution >= 4 is 6.29 Å². The SMILES string of the molecule is CCCCCCCCCCCCCOCCOCCOCCOc1ccc(C=O)cc1. The average Bonchev–Trinajstić information content (AvgIpc) is 2.80. The van der Waals surface area contributed by atoms with Crippen molar-refractivity contribution in [1.82, 2.24) is 0 Å². The predicted octanol–water partition coefficient (Wildman–Crippen LogP) is 6.24. The number of carbonyl (C=O) groups is 1. The molecule has 0 amide bonds. The molecule has 0 fully saturated rings. The van der Waals surface area contributed by atoms with Gasteiger partial charge in [0.25, 0.3) is 0 Å². The molecule has 1 aromatic carbocycles. The van der Waals surface area contributed by atoms with Gasteiger partial charge in [0.15, 0.2) is 0 Å². The highest BCUT2D eigenvalue weighted by molar-refractivity contribution is 5.74. The van der Waals surface area contributed by atoms with Crippen LogP contribution in [-0.4, -0.2) is 52.5 Å². The standard InChI is InChI=1S/C26H44O5/c1-2-3-4-5-6-7-8-9-10-11-12-17-28-18-19-29-20-21-30-22-23-31-26-15-13-25(24-27)14-16-26/h13-16,24H,2-12,17-23H2,1H3. The van der Waals surface area contributed by atoms with Gasteiger partial charge in [-0.05, 0) is 30.7 Å². The van der Waals surface area contributed by atoms with Crippen LogP contribution in [-0.2, 0) is 14.2 Å². The zero-order valence-electron chi connectivity index (χ0n) is 19.7. The summed E-state index contributed by atoms with van der Waals surface area (Å²) in [6.07, 6.45) is 15.7. The fourth-order valence-corrected chi connectivity index (χ4v) is 3.27. The Balaban J connectivity index is 1.71. The van der Waals surface area contributed by atoms with Gasteiger partial charge in [-0.3, -0.25) is 4.79 Å². The zero-order chi connectivity index (χ0) is 22.2. The van der Waals surface area contributed by atoms with Crippen molar-refractivity contribution in [2.24, 2.45) is 0 Å². The molecule has 0 spiro atoms. The molecule has 0 aromatic heterocycles. The van der Waals surface area contributed by atoms with Crippen molar-refractivity contribution in [2.75, 3.05) is 46.2 Å². The van der Waals surface area contributed by atoms with Crippen LogP contribution in [0.2, 0.25) is 0 Å². The monoisotopic (exact) mass is 436 g/mol. The predicted molar refractivity (Wildman–Crippen MR) is 126 cm³/mol. The Kier molecular flexibility index (Phi) is 19.4. The van der Waals surface area contributed by atoms with E-state index in [1.165, 1.54) is 64.2 Å². The first-order chi connectivity index (χ1) is 15.4. The molecular formula is C26H44O5. The molecule has 1 rings (SSSR count). The topological polar surface area (TPSA) is 54.0 Å². The summed E-state index contributed by atoms with van der Waals surface area (Å²) in [7, 11) is 0. The highest BCUT2D eigenvalue weighted by Crippen LogP contribution is 2.12. The molecule has 0 aliphatic heterocycles. The molecule has 0 unspecified atom stereocenters. The molecule has 0 aliphatic rings. The van der Waals surface area contributed by atoms with E-state index in [9.17, 15) is 4.79 Å². The van der Waals surface area contributed by atoms with Gasteiger partial charge in [-0.25, -0.2) is 0 Å². The van der Waals surface area contributed by atoms with Crippen LogP contribution < -0.4 is 4.74 Å². The van der Waals surface area contributed by atoms with Crippen LogP contribution in [0.15, 0.2) is 24.3 Å². The molecule has 0 N–H and O–H groups in total. The molecule has 0 radical (unpaired) electrons. The summed E-state index contributed by atoms with van der Waals surface area (Å²) in [5, 5.41) is 0. The Morgan fingerprint density at radius 3 is 1.55 bits per heavy atom. The van der Waals surface area contributed by atoms with Gasteiger partial charge in [0.2, 0.25) is 0 Å². The second-order valence-electron chi connectivity index (χ2n) is 7.91. The van der Waals surface area contributed by atoms with Gasteiger partial charge >= 0.3 is 0 Å². The zero-order valence-corrected chi connectivity index (χ0v) is 19.7. The van der Waals surface area contributed by atoms with Crippen LogP contribution in [0, 0.1) is 0 Å². The van der Waals surface area contributed by atoms with Crippen LogP contribution in [0.4, 0.5) is 0 Å². The number of benzene rings is 1. The van der Waals surface area contributed by atoms with E-state index in [1.807, 2.05) is 0 Å². The lowest BCUT2D eigenvalue weighted by Gasteiger charge is -2.08. The van der Waals surface area contributed by atoms with Crippen LogP contribution in [0.1, 0.15) is 87.9 Å². The van der Waals surface area contributed by atoms with Crippen molar-refractivity contribution < 1.29 is 23.7 Å². The smallest absolute Gasteiger partial charge is 0.150 e. The van der Waals surface area contributed by atoms with E-state index < -0.39 is 0 Å². The van der Waals surface area contributed by atoms with Gasteiger partial charge in [-0.1, -0.05) is 71.1 Å². The number of aldehydes is 1. The second kappa shape index (κ2) is 21.8. The third kappa shape index (κ3) is 17.9. The van der Waals surface area contributed by atoms with E-state index in [4.69, 9.17) is 18.9 Å². The fourth-order valence-electron chi connectivity index (χ4n) is 3.27. The molecule has 31 heavy (non-hydrogen) atoms. The molecule has 1 aromatic rings. The molecule has 0 saturated heterocycles. The molecule has 0 atom stereocenters. The van der Waals surface area contributed by atoms with Crippen LogP contribution in [0.3, 0.4) is 0 Å². The van der Waals surface area contributed by atoms with Crippen LogP contribution >= 0.6 is 0 Å². The van der Waals surface area contributed by atoms with Crippen molar-refractivity contribution in [3.05, 3.63) is 29.8 Å². The Hall–Kier alpha value is -1.43. The molecule has 0 heterocycles. The first-order valence-corrected chi connectivity index (χ1v) is 12.3. The van der Waals surface area contributed by atoms with E-state index in [2.05, 4.69) is 6.92 Å². The minimum atomic E-state index is 0.475. The number of ether oxygens (including phenoxy) is 4. The second-order valence-corrected chi connectivity index (χ2v) is 7.91. The summed E-state index contributed by atoms with van der Waals surface area (Å²) >= 11 is 0. The van der Waals surface area contributed by atoms with Gasteiger partial charge in [-0.2, -0.15) is 0 Å². The van der Waals surface area contributed by atoms with E-state index in [0.717, 1.165) is 25.1 Å². The molecular weight excluding hydrogens is 392 g/mol. The highest BCUT2D eigenvalue weighted by Gasteiger charge is 1.97. The Morgan fingerprint density at radius 2 is 1.03 bits per heavy atom. The summed E-state index contributed by atoms with van der Waals surface area (Å²) in [5.74, 6) is 0.736. The lowest BCUT2D eigenvalue weighted by Crippen LogP contribution is -2.13. The van der Waals surface area contributed by atoms with E-state index >= 15 is 0 Å². The van der Waals surface area contributed by atoms with Gasteiger partial charge in [0.05, 0.1) is 33.0 Å². The summed E-state index contributed by atoms with van der Waals surface area (Å²) in [5.41, 5.74) is 0.642. The van der Waals surface area contributed by atoms with Crippen molar-refractivity contribution in [3.8, 4) is 5.75 Å². The third-order valence-corrected chi connectivity index (χ3v) is 5.15. The van der Waals surface area contributed by atoms with E-state index in [-0.39, 0.29) is 0 Å². The first-order valence-electron chi connectivity index (χ1n) is 12.3. The Morgan fingerprint density at radius 1 is 0.581 bits per heavy atom. The van der Waals surface area contributed by atoms with E-state index in [0.29, 0.717) is 45.2 Å². The minimum absolute atomic E-state index is 0.475. The summed E-state index contributed by atoms with van der Waals surface area (Å²) in [6, 6.07) is 7.03. The maximum Gasteiger partial charge on any atom is 0.150 e. The fraction of sp³-hybridized carbons (Fsp3) is 0.731. The Bertz CT molecular complexity index is 503. The Labute approximate surface area is 189 Å². The number of rotatable bonds is 23. The largest absolute Gasteiger partial charge is 0.491 e. The molecule has 178 valence electrons. The maximum atomic E-state index is 10.6. The number of carbonyl (C=O) groups excluding carboxylic acids is 1. The molecule has 0 aliphatic carbocycles. The highest BCUT2D eigenvalue weighted by atomic mass is 16.6. The number of hydrogen-bond donors (Lipinski definition) is 0. The van der Waals surface area contributed by atoms with Crippen molar-refractivity contribution in [2.45, 2.75) is 77.6 Å². The first kappa shape index (κ1) is 27.6. The quantitative estimate of drug-likeness (QED) is 0.150. The van der Waals surface area contributed by atoms with Crippen molar-refractivity contribution in [1.29, 1.82) is 0 Å². The lowest BCUT2D eigenvalue weighted by molar-refractivity contribution is 0.00878. The molecule has 0 saturated carbocycles. The number of unbranched alkanes of at least 4 members (excludes halogenated alkanes) is 10. The average molecular weight is 437 g/mol. The van der Waals surface area contributed by atoms with Crippen LogP contribution in [0.5, 0.6) is 5.75 Å². The number of hydrogen-bond acceptors (Lipinski definition) is 5. The molecule has 5 nitrogen and oxygen atoms in total. The van der Waals surface area contributed by atoms with Crippen molar-refractivity contribution in [3.63, 3.8) is 0 Å². The third-order valence-electron chi connectivity index (χ3n) is 5.15. The summed E-state index contributed by atoms with van der Waals surface area (Å²) in [4.78, 5) is 10.6. The van der Waals surface area contributed by atoms with Gasteiger partial charge in [0, 0.05) is 12.2 Å². The van der Waals surface area contributed by atoms with Gasteiger partial charge in [0.1, 0.15) is 18.6 Å². The molecule has 0 bridgehead atoms. The van der Waals surface area contributed by atoms with E-state index in [1.54, 1.807) is 24.3 Å². The lowest BCUT2D eigenvalue weighted by atomic mass is 10.1. The normalized spacial score (nSPS) is 11.0. The molecule has 5 heteroatoms. The summed E-state index contributed by atoms with van der Waals surface area (Å²) in [6.45, 7) is 6.46. The summed E-state index contributed by atoms with van der Waals surface area (Å²) < 4.78 is 22.1. The maximum absolute atomic E-state index is 10.6. The van der Waals surface area contributed by atoms with Gasteiger partial charge in [-0.15, -0.1) is 0 Å².